The topological polar surface area (TPSA) is 52.0 Å². The van der Waals surface area contributed by atoms with Gasteiger partial charge in [0.2, 0.25) is 0 Å². The van der Waals surface area contributed by atoms with Gasteiger partial charge in [0.25, 0.3) is 0 Å². The average molecular weight is 244 g/mol. The Morgan fingerprint density at radius 1 is 1.56 bits per heavy atom. The Morgan fingerprint density at radius 2 is 2.39 bits per heavy atom. The molecule has 0 saturated carbocycles. The molecule has 1 aliphatic heterocycles. The summed E-state index contributed by atoms with van der Waals surface area (Å²) in [4.78, 5) is 6.73. The van der Waals surface area contributed by atoms with Crippen molar-refractivity contribution in [3.05, 3.63) is 23.9 Å². The molecular formula is C14H20N4. The first kappa shape index (κ1) is 12.8. The highest BCUT2D eigenvalue weighted by Gasteiger charge is 2.23. The van der Waals surface area contributed by atoms with Crippen LogP contribution in [0.5, 0.6) is 0 Å². The van der Waals surface area contributed by atoms with Crippen molar-refractivity contribution in [3.8, 4) is 6.07 Å². The second kappa shape index (κ2) is 5.83. The van der Waals surface area contributed by atoms with E-state index in [1.54, 1.807) is 12.3 Å². The van der Waals surface area contributed by atoms with E-state index in [-0.39, 0.29) is 0 Å². The van der Waals surface area contributed by atoms with Gasteiger partial charge in [0.1, 0.15) is 11.9 Å². The number of rotatable bonds is 4. The van der Waals surface area contributed by atoms with Crippen molar-refractivity contribution < 1.29 is 0 Å². The van der Waals surface area contributed by atoms with Gasteiger partial charge in [-0.1, -0.05) is 0 Å². The molecule has 0 radical (unpaired) electrons. The highest BCUT2D eigenvalue weighted by Crippen LogP contribution is 2.18. The zero-order valence-corrected chi connectivity index (χ0v) is 11.1. The van der Waals surface area contributed by atoms with Crippen LogP contribution in [-0.2, 0) is 0 Å². The summed E-state index contributed by atoms with van der Waals surface area (Å²) >= 11 is 0. The molecule has 18 heavy (non-hydrogen) atoms. The first-order valence-electron chi connectivity index (χ1n) is 6.53. The molecule has 4 heteroatoms. The number of anilines is 1. The third-order valence-corrected chi connectivity index (χ3v) is 3.51. The van der Waals surface area contributed by atoms with Gasteiger partial charge in [-0.25, -0.2) is 4.98 Å². The van der Waals surface area contributed by atoms with Crippen LogP contribution in [0.25, 0.3) is 0 Å². The van der Waals surface area contributed by atoms with Crippen LogP contribution in [0.3, 0.4) is 0 Å². The van der Waals surface area contributed by atoms with Crippen LogP contribution in [0, 0.1) is 17.2 Å². The minimum absolute atomic E-state index is 0.604. The number of likely N-dealkylation sites (tertiary alicyclic amines) is 1. The molecule has 1 aliphatic rings. The molecule has 1 N–H and O–H groups in total. The second-order valence-corrected chi connectivity index (χ2v) is 5.17. The summed E-state index contributed by atoms with van der Waals surface area (Å²) in [5.41, 5.74) is 0.604. The van der Waals surface area contributed by atoms with Gasteiger partial charge in [0, 0.05) is 25.3 Å². The molecule has 1 aromatic rings. The van der Waals surface area contributed by atoms with E-state index in [0.717, 1.165) is 12.4 Å². The Morgan fingerprint density at radius 3 is 2.94 bits per heavy atom. The second-order valence-electron chi connectivity index (χ2n) is 5.17. The lowest BCUT2D eigenvalue weighted by atomic mass is 10.1. The first-order chi connectivity index (χ1) is 8.69. The van der Waals surface area contributed by atoms with Crippen LogP contribution >= 0.6 is 0 Å². The molecule has 2 heterocycles. The Bertz CT molecular complexity index is 418. The van der Waals surface area contributed by atoms with Crippen molar-refractivity contribution in [2.75, 3.05) is 25.0 Å². The molecule has 0 aliphatic carbocycles. The highest BCUT2D eigenvalue weighted by molar-refractivity contribution is 5.38. The summed E-state index contributed by atoms with van der Waals surface area (Å²) in [7, 11) is 0. The maximum Gasteiger partial charge on any atom is 0.125 e. The summed E-state index contributed by atoms with van der Waals surface area (Å²) in [6, 6.07) is 6.38. The Labute approximate surface area is 109 Å². The number of hydrogen-bond donors (Lipinski definition) is 1. The lowest BCUT2D eigenvalue weighted by molar-refractivity contribution is 0.266. The van der Waals surface area contributed by atoms with Gasteiger partial charge >= 0.3 is 0 Å². The number of nitriles is 1. The van der Waals surface area contributed by atoms with Crippen LogP contribution in [0.1, 0.15) is 25.8 Å². The summed E-state index contributed by atoms with van der Waals surface area (Å²) in [5, 5.41) is 12.0. The number of hydrogen-bond acceptors (Lipinski definition) is 4. The van der Waals surface area contributed by atoms with Gasteiger partial charge in [-0.15, -0.1) is 0 Å². The minimum atomic E-state index is 0.604. The van der Waals surface area contributed by atoms with E-state index >= 15 is 0 Å². The third-order valence-electron chi connectivity index (χ3n) is 3.51. The van der Waals surface area contributed by atoms with Gasteiger partial charge in [-0.05, 0) is 44.9 Å². The lowest BCUT2D eigenvalue weighted by Crippen LogP contribution is -2.29. The number of nitrogens with zero attached hydrogens (tertiary/aromatic N) is 3. The number of aromatic nitrogens is 1. The largest absolute Gasteiger partial charge is 0.370 e. The first-order valence-corrected chi connectivity index (χ1v) is 6.53. The molecule has 1 atom stereocenters. The molecule has 0 amide bonds. The molecule has 0 aromatic carbocycles. The van der Waals surface area contributed by atoms with E-state index in [9.17, 15) is 0 Å². The van der Waals surface area contributed by atoms with Gasteiger partial charge in [0.15, 0.2) is 0 Å². The molecule has 1 aromatic heterocycles. The molecular weight excluding hydrogens is 224 g/mol. The van der Waals surface area contributed by atoms with Crippen molar-refractivity contribution in [2.45, 2.75) is 26.3 Å². The SMILES string of the molecule is CC(C)N1CCC(CNc2ccc(C#N)cn2)C1. The predicted octanol–water partition coefficient (Wildman–Crippen LogP) is 2.10. The standard InChI is InChI=1S/C14H20N4/c1-11(2)18-6-5-13(10-18)9-17-14-4-3-12(7-15)8-16-14/h3-4,8,11,13H,5-6,9-10H2,1-2H3,(H,16,17). The van der Waals surface area contributed by atoms with E-state index in [4.69, 9.17) is 5.26 Å². The van der Waals surface area contributed by atoms with Crippen molar-refractivity contribution in [2.24, 2.45) is 5.92 Å². The summed E-state index contributed by atoms with van der Waals surface area (Å²) in [6.07, 6.45) is 2.86. The van der Waals surface area contributed by atoms with Crippen molar-refractivity contribution in [1.29, 1.82) is 5.26 Å². The summed E-state index contributed by atoms with van der Waals surface area (Å²) < 4.78 is 0. The monoisotopic (exact) mass is 244 g/mol. The zero-order chi connectivity index (χ0) is 13.0. The van der Waals surface area contributed by atoms with Crippen LogP contribution < -0.4 is 5.32 Å². The highest BCUT2D eigenvalue weighted by atomic mass is 15.2. The summed E-state index contributed by atoms with van der Waals surface area (Å²) in [6.45, 7) is 7.82. The van der Waals surface area contributed by atoms with Crippen LogP contribution in [0.4, 0.5) is 5.82 Å². The predicted molar refractivity (Wildman–Crippen MR) is 72.3 cm³/mol. The maximum atomic E-state index is 8.70. The molecule has 2 rings (SSSR count). The summed E-state index contributed by atoms with van der Waals surface area (Å²) in [5.74, 6) is 1.56. The minimum Gasteiger partial charge on any atom is -0.370 e. The van der Waals surface area contributed by atoms with Crippen LogP contribution in [0.15, 0.2) is 18.3 Å². The van der Waals surface area contributed by atoms with Gasteiger partial charge in [-0.3, -0.25) is 0 Å². The molecule has 4 nitrogen and oxygen atoms in total. The molecule has 1 fully saturated rings. The van der Waals surface area contributed by atoms with Crippen molar-refractivity contribution >= 4 is 5.82 Å². The molecule has 1 saturated heterocycles. The van der Waals surface area contributed by atoms with E-state index in [0.29, 0.717) is 17.5 Å². The molecule has 0 spiro atoms. The molecule has 0 bridgehead atoms. The van der Waals surface area contributed by atoms with Crippen molar-refractivity contribution in [1.82, 2.24) is 9.88 Å². The third kappa shape index (κ3) is 3.21. The van der Waals surface area contributed by atoms with Gasteiger partial charge in [0.05, 0.1) is 5.56 Å². The average Bonchev–Trinajstić information content (AvgIpc) is 2.86. The van der Waals surface area contributed by atoms with Crippen LogP contribution in [-0.4, -0.2) is 35.6 Å². The van der Waals surface area contributed by atoms with E-state index in [2.05, 4.69) is 35.1 Å². The Balaban J connectivity index is 1.80. The fraction of sp³-hybridized carbons (Fsp3) is 0.571. The van der Waals surface area contributed by atoms with Gasteiger partial charge < -0.3 is 10.2 Å². The van der Waals surface area contributed by atoms with E-state index in [1.807, 2.05) is 6.07 Å². The normalized spacial score (nSPS) is 20.0. The Hall–Kier alpha value is -1.60. The maximum absolute atomic E-state index is 8.70. The number of pyridine rings is 1. The van der Waals surface area contributed by atoms with E-state index in [1.165, 1.54) is 19.5 Å². The van der Waals surface area contributed by atoms with E-state index < -0.39 is 0 Å². The number of nitrogens with one attached hydrogen (secondary N) is 1. The fourth-order valence-electron chi connectivity index (χ4n) is 2.31. The molecule has 96 valence electrons. The van der Waals surface area contributed by atoms with Crippen molar-refractivity contribution in [3.63, 3.8) is 0 Å². The molecule has 1 unspecified atom stereocenters. The Kier molecular flexibility index (Phi) is 4.16. The van der Waals surface area contributed by atoms with Gasteiger partial charge in [-0.2, -0.15) is 5.26 Å². The quantitative estimate of drug-likeness (QED) is 0.881. The van der Waals surface area contributed by atoms with Crippen LogP contribution in [0.2, 0.25) is 0 Å². The lowest BCUT2D eigenvalue weighted by Gasteiger charge is -2.20. The fourth-order valence-corrected chi connectivity index (χ4v) is 2.31. The smallest absolute Gasteiger partial charge is 0.125 e. The zero-order valence-electron chi connectivity index (χ0n) is 11.1.